The van der Waals surface area contributed by atoms with Crippen LogP contribution in [0, 0.1) is 0 Å². The van der Waals surface area contributed by atoms with Gasteiger partial charge in [-0.1, -0.05) is 11.6 Å². The number of carbonyl (C=O) groups is 2. The molecule has 0 bridgehead atoms. The van der Waals surface area contributed by atoms with Crippen LogP contribution in [0.15, 0.2) is 18.2 Å². The third kappa shape index (κ3) is 4.87. The van der Waals surface area contributed by atoms with Crippen molar-refractivity contribution in [1.29, 1.82) is 0 Å². The Morgan fingerprint density at radius 3 is 2.83 bits per heavy atom. The van der Waals surface area contributed by atoms with Gasteiger partial charge in [0.05, 0.1) is 10.9 Å². The molecule has 0 spiro atoms. The molecular formula is C11H12ClNO4S. The molecule has 0 radical (unpaired) electrons. The molecule has 1 unspecified atom stereocenters. The lowest BCUT2D eigenvalue weighted by Crippen LogP contribution is -2.37. The maximum Gasteiger partial charge on any atom is 0.334 e. The molecule has 1 heterocycles. The van der Waals surface area contributed by atoms with Crippen LogP contribution in [0.2, 0.25) is 4.34 Å². The number of thiophene rings is 1. The second-order valence-electron chi connectivity index (χ2n) is 3.28. The zero-order chi connectivity index (χ0) is 13.5. The Hall–Kier alpha value is -1.37. The SMILES string of the molecule is COC(CNC(=O)/C=C/c1ccc(Cl)s1)C(=O)O. The zero-order valence-electron chi connectivity index (χ0n) is 9.55. The Labute approximate surface area is 113 Å². The fraction of sp³-hybridized carbons (Fsp3) is 0.273. The van der Waals surface area contributed by atoms with E-state index >= 15 is 0 Å². The molecule has 0 aliphatic heterocycles. The number of hydrogen-bond acceptors (Lipinski definition) is 4. The van der Waals surface area contributed by atoms with E-state index < -0.39 is 12.1 Å². The third-order valence-electron chi connectivity index (χ3n) is 2.01. The first-order valence-electron chi connectivity index (χ1n) is 4.99. The third-order valence-corrected chi connectivity index (χ3v) is 3.21. The largest absolute Gasteiger partial charge is 0.479 e. The predicted octanol–water partition coefficient (Wildman–Crippen LogP) is 1.63. The molecule has 0 aliphatic carbocycles. The number of nitrogens with one attached hydrogen (secondary N) is 1. The van der Waals surface area contributed by atoms with E-state index in [9.17, 15) is 9.59 Å². The first-order chi connectivity index (χ1) is 8.52. The first-order valence-corrected chi connectivity index (χ1v) is 6.19. The van der Waals surface area contributed by atoms with Crippen molar-refractivity contribution in [2.75, 3.05) is 13.7 Å². The van der Waals surface area contributed by atoms with E-state index in [1.54, 1.807) is 18.2 Å². The van der Waals surface area contributed by atoms with Crippen LogP contribution < -0.4 is 5.32 Å². The summed E-state index contributed by atoms with van der Waals surface area (Å²) in [5, 5.41) is 11.1. The van der Waals surface area contributed by atoms with Crippen molar-refractivity contribution >= 4 is 40.9 Å². The predicted molar refractivity (Wildman–Crippen MR) is 69.8 cm³/mol. The maximum atomic E-state index is 11.4. The van der Waals surface area contributed by atoms with Gasteiger partial charge < -0.3 is 15.2 Å². The molecule has 0 saturated heterocycles. The van der Waals surface area contributed by atoms with Crippen LogP contribution in [0.5, 0.6) is 0 Å². The second kappa shape index (κ2) is 7.15. The Bertz CT molecular complexity index is 458. The van der Waals surface area contributed by atoms with Gasteiger partial charge in [0, 0.05) is 18.1 Å². The summed E-state index contributed by atoms with van der Waals surface area (Å²) in [7, 11) is 1.27. The van der Waals surface area contributed by atoms with Gasteiger partial charge in [0.2, 0.25) is 5.91 Å². The highest BCUT2D eigenvalue weighted by molar-refractivity contribution is 7.17. The molecular weight excluding hydrogens is 278 g/mol. The summed E-state index contributed by atoms with van der Waals surface area (Å²) in [5.41, 5.74) is 0. The fourth-order valence-electron chi connectivity index (χ4n) is 1.10. The molecule has 98 valence electrons. The summed E-state index contributed by atoms with van der Waals surface area (Å²) in [6, 6.07) is 3.52. The van der Waals surface area contributed by atoms with E-state index in [1.807, 2.05) is 0 Å². The van der Waals surface area contributed by atoms with Gasteiger partial charge >= 0.3 is 5.97 Å². The van der Waals surface area contributed by atoms with Crippen LogP contribution in [0.3, 0.4) is 0 Å². The van der Waals surface area contributed by atoms with Crippen LogP contribution in [-0.4, -0.2) is 36.7 Å². The molecule has 5 nitrogen and oxygen atoms in total. The summed E-state index contributed by atoms with van der Waals surface area (Å²) in [6.07, 6.45) is 1.88. The normalized spacial score (nSPS) is 12.6. The van der Waals surface area contributed by atoms with Gasteiger partial charge in [0.1, 0.15) is 0 Å². The van der Waals surface area contributed by atoms with Crippen molar-refractivity contribution in [2.24, 2.45) is 0 Å². The standard InChI is InChI=1S/C11H12ClNO4S/c1-17-8(11(15)16)6-13-10(14)5-3-7-2-4-9(12)18-7/h2-5,8H,6H2,1H3,(H,13,14)(H,15,16)/b5-3+. The van der Waals surface area contributed by atoms with Crippen molar-refractivity contribution in [3.05, 3.63) is 27.4 Å². The lowest BCUT2D eigenvalue weighted by atomic mass is 10.3. The van der Waals surface area contributed by atoms with Gasteiger partial charge in [-0.3, -0.25) is 4.79 Å². The lowest BCUT2D eigenvalue weighted by molar-refractivity contribution is -0.148. The highest BCUT2D eigenvalue weighted by Crippen LogP contribution is 2.22. The summed E-state index contributed by atoms with van der Waals surface area (Å²) < 4.78 is 5.31. The molecule has 1 atom stereocenters. The van der Waals surface area contributed by atoms with Gasteiger partial charge in [0.15, 0.2) is 6.10 Å². The van der Waals surface area contributed by atoms with E-state index in [2.05, 4.69) is 10.1 Å². The quantitative estimate of drug-likeness (QED) is 0.781. The highest BCUT2D eigenvalue weighted by atomic mass is 35.5. The number of carbonyl (C=O) groups excluding carboxylic acids is 1. The molecule has 0 saturated carbocycles. The number of carboxylic acid groups (broad SMARTS) is 1. The summed E-state index contributed by atoms with van der Waals surface area (Å²) in [6.45, 7) is -0.0831. The number of hydrogen-bond donors (Lipinski definition) is 2. The average molecular weight is 290 g/mol. The number of amides is 1. The molecule has 1 aromatic heterocycles. The van der Waals surface area contributed by atoms with Crippen molar-refractivity contribution in [3.63, 3.8) is 0 Å². The molecule has 0 fully saturated rings. The van der Waals surface area contributed by atoms with Gasteiger partial charge in [-0.05, 0) is 18.2 Å². The summed E-state index contributed by atoms with van der Waals surface area (Å²) in [5.74, 6) is -1.50. The van der Waals surface area contributed by atoms with E-state index in [0.29, 0.717) is 4.34 Å². The molecule has 1 amide bonds. The number of aliphatic carboxylic acids is 1. The average Bonchev–Trinajstić information content (AvgIpc) is 2.73. The van der Waals surface area contributed by atoms with Crippen molar-refractivity contribution in [3.8, 4) is 0 Å². The van der Waals surface area contributed by atoms with Crippen LogP contribution in [0.25, 0.3) is 6.08 Å². The Balaban J connectivity index is 2.42. The number of methoxy groups -OCH3 is 1. The summed E-state index contributed by atoms with van der Waals surface area (Å²) in [4.78, 5) is 22.9. The Kier molecular flexibility index (Phi) is 5.84. The van der Waals surface area contributed by atoms with E-state index in [4.69, 9.17) is 16.7 Å². The van der Waals surface area contributed by atoms with Crippen molar-refractivity contribution < 1.29 is 19.4 Å². The van der Waals surface area contributed by atoms with Gasteiger partial charge in [0.25, 0.3) is 0 Å². The lowest BCUT2D eigenvalue weighted by Gasteiger charge is -2.09. The van der Waals surface area contributed by atoms with Gasteiger partial charge in [-0.2, -0.15) is 0 Å². The minimum Gasteiger partial charge on any atom is -0.479 e. The number of carboxylic acids is 1. The minimum absolute atomic E-state index is 0.0831. The van der Waals surface area contributed by atoms with Crippen LogP contribution in [-0.2, 0) is 14.3 Å². The number of halogens is 1. The van der Waals surface area contributed by atoms with Gasteiger partial charge in [-0.25, -0.2) is 4.79 Å². The van der Waals surface area contributed by atoms with E-state index in [-0.39, 0.29) is 12.5 Å². The van der Waals surface area contributed by atoms with Crippen LogP contribution >= 0.6 is 22.9 Å². The minimum atomic E-state index is -1.12. The van der Waals surface area contributed by atoms with E-state index in [0.717, 1.165) is 4.88 Å². The Morgan fingerprint density at radius 2 is 2.33 bits per heavy atom. The molecule has 2 N–H and O–H groups in total. The molecule has 0 aromatic carbocycles. The molecule has 18 heavy (non-hydrogen) atoms. The van der Waals surface area contributed by atoms with Crippen LogP contribution in [0.1, 0.15) is 4.88 Å². The molecule has 7 heteroatoms. The van der Waals surface area contributed by atoms with E-state index in [1.165, 1.54) is 24.5 Å². The number of rotatable bonds is 6. The molecule has 1 aromatic rings. The van der Waals surface area contributed by atoms with Crippen molar-refractivity contribution in [1.82, 2.24) is 5.32 Å². The highest BCUT2D eigenvalue weighted by Gasteiger charge is 2.16. The monoisotopic (exact) mass is 289 g/mol. The van der Waals surface area contributed by atoms with Crippen molar-refractivity contribution in [2.45, 2.75) is 6.10 Å². The van der Waals surface area contributed by atoms with Crippen LogP contribution in [0.4, 0.5) is 0 Å². The fourth-order valence-corrected chi connectivity index (χ4v) is 2.06. The molecule has 1 rings (SSSR count). The topological polar surface area (TPSA) is 75.6 Å². The summed E-state index contributed by atoms with van der Waals surface area (Å²) >= 11 is 7.08. The van der Waals surface area contributed by atoms with Gasteiger partial charge in [-0.15, -0.1) is 11.3 Å². The number of ether oxygens (including phenoxy) is 1. The zero-order valence-corrected chi connectivity index (χ0v) is 11.1. The second-order valence-corrected chi connectivity index (χ2v) is 5.03. The molecule has 0 aliphatic rings. The maximum absolute atomic E-state index is 11.4. The first kappa shape index (κ1) is 14.7. The smallest absolute Gasteiger partial charge is 0.334 e. The Morgan fingerprint density at radius 1 is 1.61 bits per heavy atom.